The summed E-state index contributed by atoms with van der Waals surface area (Å²) >= 11 is -8.40. The predicted octanol–water partition coefficient (Wildman–Crippen LogP) is -2.86. The van der Waals surface area contributed by atoms with Crippen LogP contribution in [-0.4, -0.2) is 0 Å². The average Bonchev–Trinajstić information content (AvgIpc) is 1.25. The molecule has 9 heavy (non-hydrogen) atoms. The average molecular weight is 394 g/mol. The van der Waals surface area contributed by atoms with E-state index in [0.29, 0.717) is 0 Å². The number of rotatable bonds is 0. The van der Waals surface area contributed by atoms with Crippen LogP contribution in [0.3, 0.4) is 0 Å². The minimum absolute atomic E-state index is 0. The van der Waals surface area contributed by atoms with Crippen LogP contribution in [0.5, 0.6) is 0 Å². The Hall–Kier alpha value is 1.52. The van der Waals surface area contributed by atoms with Crippen LogP contribution in [0.4, 0.5) is 0 Å². The van der Waals surface area contributed by atoms with Gasteiger partial charge < -0.3 is 0 Å². The summed E-state index contributed by atoms with van der Waals surface area (Å²) in [7, 11) is 0. The zero-order chi connectivity index (χ0) is 7.15. The van der Waals surface area contributed by atoms with Crippen molar-refractivity contribution in [1.82, 2.24) is 0 Å². The Kier molecular flexibility index (Phi) is 22.9. The van der Waals surface area contributed by atoms with Gasteiger partial charge in [0.15, 0.2) is 0 Å². The third-order valence-corrected chi connectivity index (χ3v) is 0. The van der Waals surface area contributed by atoms with E-state index in [-0.39, 0.29) is 27.3 Å². The van der Waals surface area contributed by atoms with Crippen molar-refractivity contribution in [3.05, 3.63) is 0 Å². The van der Waals surface area contributed by atoms with Crippen LogP contribution in [-0.2, 0) is 77.9 Å². The first kappa shape index (κ1) is 16.9. The Labute approximate surface area is 84.0 Å². The third-order valence-electron chi connectivity index (χ3n) is 0. The summed E-state index contributed by atoms with van der Waals surface area (Å²) in [5.74, 6) is 0. The van der Waals surface area contributed by atoms with Crippen LogP contribution in [0.1, 0.15) is 0 Å². The first-order chi connectivity index (χ1) is 3.46. The molecular formula is CdNb2O6. The van der Waals surface area contributed by atoms with Gasteiger partial charge in [-0.3, -0.25) is 0 Å². The van der Waals surface area contributed by atoms with Gasteiger partial charge in [0.25, 0.3) is 0 Å². The van der Waals surface area contributed by atoms with Gasteiger partial charge in [-0.25, -0.2) is 0 Å². The molecule has 0 bridgehead atoms. The molecule has 0 aromatic rings. The summed E-state index contributed by atoms with van der Waals surface area (Å²) in [6.45, 7) is 0. The summed E-state index contributed by atoms with van der Waals surface area (Å²) in [5.41, 5.74) is 0. The molecule has 0 spiro atoms. The van der Waals surface area contributed by atoms with Crippen LogP contribution < -0.4 is 7.23 Å². The molecule has 0 amide bonds. The van der Waals surface area contributed by atoms with Crippen molar-refractivity contribution in [2.45, 2.75) is 0 Å². The summed E-state index contributed by atoms with van der Waals surface area (Å²) in [6, 6.07) is 0. The molecular weight excluding hydrogens is 394 g/mol. The number of hydrogen-bond acceptors (Lipinski definition) is 6. The van der Waals surface area contributed by atoms with Gasteiger partial charge >= 0.3 is 85.1 Å². The van der Waals surface area contributed by atoms with Gasteiger partial charge in [0, 0.05) is 0 Å². The number of hydrogen-bond donors (Lipinski definition) is 0. The second kappa shape index (κ2) is 12.2. The molecule has 0 saturated heterocycles. The second-order valence-corrected chi connectivity index (χ2v) is 2.65. The normalized spacial score (nSPS) is 5.56. The molecule has 0 heterocycles. The Balaban J connectivity index is -0.0000000720. The van der Waals surface area contributed by atoms with Crippen molar-refractivity contribution in [2.24, 2.45) is 0 Å². The Morgan fingerprint density at radius 1 is 0.778 bits per heavy atom. The fourth-order valence-electron chi connectivity index (χ4n) is 0. The molecule has 0 fully saturated rings. The Morgan fingerprint density at radius 3 is 0.778 bits per heavy atom. The molecule has 0 aromatic carbocycles. The van der Waals surface area contributed by atoms with Gasteiger partial charge in [-0.2, -0.15) is 0 Å². The molecule has 9 heteroatoms. The zero-order valence-corrected chi connectivity index (χ0v) is 12.5. The molecule has 0 aliphatic heterocycles. The fraction of sp³-hybridized carbons (Fsp3) is 0. The van der Waals surface area contributed by atoms with Crippen molar-refractivity contribution in [3.8, 4) is 0 Å². The van der Waals surface area contributed by atoms with E-state index >= 15 is 0 Å². The van der Waals surface area contributed by atoms with Crippen molar-refractivity contribution < 1.29 is 85.1 Å². The van der Waals surface area contributed by atoms with E-state index in [0.717, 1.165) is 0 Å². The summed E-state index contributed by atoms with van der Waals surface area (Å²) in [4.78, 5) is 0. The minimum atomic E-state index is -4.20. The van der Waals surface area contributed by atoms with Crippen LogP contribution in [0.2, 0.25) is 0 Å². The van der Waals surface area contributed by atoms with Gasteiger partial charge in [-0.1, -0.05) is 0 Å². The van der Waals surface area contributed by atoms with Gasteiger partial charge in [-0.05, 0) is 0 Å². The molecule has 0 saturated carbocycles. The predicted molar refractivity (Wildman–Crippen MR) is 2.75 cm³/mol. The van der Waals surface area contributed by atoms with Gasteiger partial charge in [0.2, 0.25) is 0 Å². The monoisotopic (exact) mass is 396 g/mol. The molecule has 48 valence electrons. The van der Waals surface area contributed by atoms with Crippen LogP contribution in [0.15, 0.2) is 0 Å². The van der Waals surface area contributed by atoms with Gasteiger partial charge in [0.05, 0.1) is 0 Å². The molecule has 0 aromatic heterocycles. The third kappa shape index (κ3) is 232. The van der Waals surface area contributed by atoms with E-state index in [9.17, 15) is 0 Å². The van der Waals surface area contributed by atoms with Gasteiger partial charge in [0.1, 0.15) is 0 Å². The summed E-state index contributed by atoms with van der Waals surface area (Å²) in [6.07, 6.45) is 0. The standard InChI is InChI=1S/Cd.2Nb.6O/q+2;;;;;;;2*-1. The SMILES string of the molecule is [Cd+2].[O]=[Nb](=[O])[O-].[O]=[Nb](=[O])[O-]. The van der Waals surface area contributed by atoms with E-state index in [4.69, 9.17) is 20.2 Å². The summed E-state index contributed by atoms with van der Waals surface area (Å²) in [5, 5.41) is 0. The molecule has 0 N–H and O–H groups in total. The van der Waals surface area contributed by atoms with Crippen LogP contribution in [0.25, 0.3) is 0 Å². The molecule has 0 rings (SSSR count). The van der Waals surface area contributed by atoms with E-state index in [1.54, 1.807) is 0 Å². The van der Waals surface area contributed by atoms with Crippen LogP contribution >= 0.6 is 0 Å². The molecule has 0 atom stereocenters. The fourth-order valence-corrected chi connectivity index (χ4v) is 0. The second-order valence-electron chi connectivity index (χ2n) is 0.447. The first-order valence-corrected chi connectivity index (χ1v) is 6.48. The molecule has 0 aliphatic rings. The molecule has 0 aliphatic carbocycles. The zero-order valence-electron chi connectivity index (χ0n) is 4.05. The molecule has 6 nitrogen and oxygen atoms in total. The maximum atomic E-state index is 8.60. The van der Waals surface area contributed by atoms with Crippen LogP contribution in [0, 0.1) is 0 Å². The van der Waals surface area contributed by atoms with Crippen molar-refractivity contribution in [1.29, 1.82) is 0 Å². The summed E-state index contributed by atoms with van der Waals surface area (Å²) < 4.78 is 51.6. The molecule has 0 radical (unpaired) electrons. The van der Waals surface area contributed by atoms with E-state index in [1.807, 2.05) is 0 Å². The first-order valence-electron chi connectivity index (χ1n) is 1.10. The van der Waals surface area contributed by atoms with Gasteiger partial charge in [-0.15, -0.1) is 0 Å². The van der Waals surface area contributed by atoms with E-state index in [1.165, 1.54) is 0 Å². The Bertz CT molecular complexity index is 128. The quantitative estimate of drug-likeness (QED) is 0.409. The molecule has 0 unspecified atom stereocenters. The Morgan fingerprint density at radius 2 is 0.778 bits per heavy atom. The van der Waals surface area contributed by atoms with Crippen molar-refractivity contribution in [2.75, 3.05) is 0 Å². The topological polar surface area (TPSA) is 114 Å². The van der Waals surface area contributed by atoms with E-state index in [2.05, 4.69) is 0 Å². The van der Waals surface area contributed by atoms with Crippen molar-refractivity contribution in [3.63, 3.8) is 0 Å². The van der Waals surface area contributed by atoms with E-state index < -0.39 is 37.6 Å². The van der Waals surface area contributed by atoms with Crippen molar-refractivity contribution >= 4 is 0 Å². The maximum absolute atomic E-state index is 8.60.